The molecule has 0 amide bonds. The van der Waals surface area contributed by atoms with E-state index in [-0.39, 0.29) is 12.1 Å². The van der Waals surface area contributed by atoms with Crippen LogP contribution in [-0.4, -0.2) is 32.5 Å². The molecule has 2 unspecified atom stereocenters. The van der Waals surface area contributed by atoms with Gasteiger partial charge >= 0.3 is 0 Å². The van der Waals surface area contributed by atoms with Crippen molar-refractivity contribution in [1.82, 2.24) is 5.32 Å². The van der Waals surface area contributed by atoms with Crippen molar-refractivity contribution in [3.05, 3.63) is 34.9 Å². The van der Waals surface area contributed by atoms with Gasteiger partial charge in [0.15, 0.2) is 0 Å². The van der Waals surface area contributed by atoms with Crippen LogP contribution in [0, 0.1) is 18.6 Å². The number of aryl methyl sites for hydroxylation is 1. The maximum Gasteiger partial charge on any atom is 0.131 e. The number of benzene rings is 1. The van der Waals surface area contributed by atoms with E-state index in [1.807, 2.05) is 6.92 Å². The van der Waals surface area contributed by atoms with Gasteiger partial charge in [0.2, 0.25) is 0 Å². The summed E-state index contributed by atoms with van der Waals surface area (Å²) < 4.78 is 38.6. The SMILES string of the molecule is CCCNC(c1cc(C)c(F)cc1F)C1COCCO1. The van der Waals surface area contributed by atoms with E-state index in [0.29, 0.717) is 30.9 Å². The molecule has 1 fully saturated rings. The molecule has 1 heterocycles. The van der Waals surface area contributed by atoms with Crippen molar-refractivity contribution in [2.75, 3.05) is 26.4 Å². The Morgan fingerprint density at radius 2 is 2.10 bits per heavy atom. The molecule has 20 heavy (non-hydrogen) atoms. The number of hydrogen-bond donors (Lipinski definition) is 1. The highest BCUT2D eigenvalue weighted by molar-refractivity contribution is 5.29. The van der Waals surface area contributed by atoms with Crippen molar-refractivity contribution in [3.8, 4) is 0 Å². The van der Waals surface area contributed by atoms with Crippen LogP contribution in [0.5, 0.6) is 0 Å². The molecule has 1 aliphatic heterocycles. The molecule has 0 radical (unpaired) electrons. The Labute approximate surface area is 118 Å². The van der Waals surface area contributed by atoms with Crippen LogP contribution in [0.3, 0.4) is 0 Å². The summed E-state index contributed by atoms with van der Waals surface area (Å²) in [6.45, 7) is 5.87. The Hall–Kier alpha value is -1.04. The summed E-state index contributed by atoms with van der Waals surface area (Å²) in [5, 5.41) is 3.28. The van der Waals surface area contributed by atoms with Crippen LogP contribution in [0.1, 0.15) is 30.5 Å². The molecular weight excluding hydrogens is 264 g/mol. The standard InChI is InChI=1S/C15H21F2NO2/c1-3-4-18-15(14-9-19-5-6-20-14)11-7-10(2)12(16)8-13(11)17/h7-8,14-15,18H,3-6,9H2,1-2H3. The molecule has 3 nitrogen and oxygen atoms in total. The van der Waals surface area contributed by atoms with Crippen LogP contribution in [-0.2, 0) is 9.47 Å². The maximum atomic E-state index is 14.1. The highest BCUT2D eigenvalue weighted by Gasteiger charge is 2.28. The Morgan fingerprint density at radius 1 is 1.30 bits per heavy atom. The Kier molecular flexibility index (Phi) is 5.46. The topological polar surface area (TPSA) is 30.5 Å². The summed E-state index contributed by atoms with van der Waals surface area (Å²) in [5.74, 6) is -1.07. The van der Waals surface area contributed by atoms with Gasteiger partial charge in [-0.25, -0.2) is 8.78 Å². The zero-order valence-corrected chi connectivity index (χ0v) is 11.9. The number of rotatable bonds is 5. The van der Waals surface area contributed by atoms with Gasteiger partial charge in [0, 0.05) is 11.6 Å². The second-order valence-corrected chi connectivity index (χ2v) is 5.04. The number of nitrogens with one attached hydrogen (secondary N) is 1. The van der Waals surface area contributed by atoms with Crippen LogP contribution in [0.25, 0.3) is 0 Å². The zero-order chi connectivity index (χ0) is 14.5. The van der Waals surface area contributed by atoms with Crippen molar-refractivity contribution in [3.63, 3.8) is 0 Å². The fourth-order valence-corrected chi connectivity index (χ4v) is 2.36. The van der Waals surface area contributed by atoms with Crippen molar-refractivity contribution < 1.29 is 18.3 Å². The lowest BCUT2D eigenvalue weighted by molar-refractivity contribution is -0.102. The van der Waals surface area contributed by atoms with Gasteiger partial charge in [-0.3, -0.25) is 0 Å². The first kappa shape index (κ1) is 15.4. The van der Waals surface area contributed by atoms with Crippen molar-refractivity contribution >= 4 is 0 Å². The van der Waals surface area contributed by atoms with E-state index < -0.39 is 11.6 Å². The van der Waals surface area contributed by atoms with Gasteiger partial charge in [-0.15, -0.1) is 0 Å². The van der Waals surface area contributed by atoms with Gasteiger partial charge in [0.05, 0.1) is 25.9 Å². The van der Waals surface area contributed by atoms with Gasteiger partial charge in [0.1, 0.15) is 17.7 Å². The quantitative estimate of drug-likeness (QED) is 0.902. The van der Waals surface area contributed by atoms with Crippen LogP contribution < -0.4 is 5.32 Å². The summed E-state index contributed by atoms with van der Waals surface area (Å²) in [6.07, 6.45) is 0.668. The minimum atomic E-state index is -0.545. The first-order chi connectivity index (χ1) is 9.63. The van der Waals surface area contributed by atoms with Crippen molar-refractivity contribution in [2.24, 2.45) is 0 Å². The van der Waals surface area contributed by atoms with E-state index in [9.17, 15) is 8.78 Å². The average molecular weight is 285 g/mol. The first-order valence-corrected chi connectivity index (χ1v) is 7.01. The first-order valence-electron chi connectivity index (χ1n) is 7.01. The second-order valence-electron chi connectivity index (χ2n) is 5.04. The minimum Gasteiger partial charge on any atom is -0.376 e. The minimum absolute atomic E-state index is 0.255. The summed E-state index contributed by atoms with van der Waals surface area (Å²) in [7, 11) is 0. The highest BCUT2D eigenvalue weighted by atomic mass is 19.1. The molecule has 1 saturated heterocycles. The molecule has 0 aromatic heterocycles. The van der Waals surface area contributed by atoms with Gasteiger partial charge < -0.3 is 14.8 Å². The molecule has 1 aliphatic rings. The average Bonchev–Trinajstić information content (AvgIpc) is 2.45. The molecule has 2 atom stereocenters. The van der Waals surface area contributed by atoms with Gasteiger partial charge in [-0.1, -0.05) is 6.92 Å². The van der Waals surface area contributed by atoms with E-state index in [4.69, 9.17) is 9.47 Å². The van der Waals surface area contributed by atoms with Crippen molar-refractivity contribution in [1.29, 1.82) is 0 Å². The molecule has 5 heteroatoms. The molecule has 0 saturated carbocycles. The number of ether oxygens (including phenoxy) is 2. The van der Waals surface area contributed by atoms with Crippen molar-refractivity contribution in [2.45, 2.75) is 32.4 Å². The summed E-state index contributed by atoms with van der Waals surface area (Å²) in [4.78, 5) is 0. The largest absolute Gasteiger partial charge is 0.376 e. The van der Waals surface area contributed by atoms with Crippen LogP contribution >= 0.6 is 0 Å². The summed E-state index contributed by atoms with van der Waals surface area (Å²) in [6, 6.07) is 2.17. The summed E-state index contributed by atoms with van der Waals surface area (Å²) >= 11 is 0. The van der Waals surface area contributed by atoms with Gasteiger partial charge in [-0.2, -0.15) is 0 Å². The molecular formula is C15H21F2NO2. The number of halogens is 2. The van der Waals surface area contributed by atoms with Gasteiger partial charge in [-0.05, 0) is 31.5 Å². The third kappa shape index (κ3) is 3.53. The van der Waals surface area contributed by atoms with Crippen LogP contribution in [0.15, 0.2) is 12.1 Å². The predicted molar refractivity (Wildman–Crippen MR) is 72.7 cm³/mol. The molecule has 1 N–H and O–H groups in total. The monoisotopic (exact) mass is 285 g/mol. The lowest BCUT2D eigenvalue weighted by Crippen LogP contribution is -2.41. The maximum absolute atomic E-state index is 14.1. The molecule has 0 spiro atoms. The molecule has 0 aliphatic carbocycles. The lowest BCUT2D eigenvalue weighted by Gasteiger charge is -2.32. The Bertz CT molecular complexity index is 448. The molecule has 112 valence electrons. The zero-order valence-electron chi connectivity index (χ0n) is 11.9. The predicted octanol–water partition coefficient (Wildman–Crippen LogP) is 2.73. The molecule has 0 bridgehead atoms. The molecule has 1 aromatic carbocycles. The Morgan fingerprint density at radius 3 is 2.75 bits per heavy atom. The lowest BCUT2D eigenvalue weighted by atomic mass is 9.98. The molecule has 2 rings (SSSR count). The number of hydrogen-bond acceptors (Lipinski definition) is 3. The van der Waals surface area contributed by atoms with E-state index >= 15 is 0 Å². The normalized spacial score (nSPS) is 20.9. The fraction of sp³-hybridized carbons (Fsp3) is 0.600. The van der Waals surface area contributed by atoms with E-state index in [2.05, 4.69) is 5.32 Å². The fourth-order valence-electron chi connectivity index (χ4n) is 2.36. The smallest absolute Gasteiger partial charge is 0.131 e. The van der Waals surface area contributed by atoms with Crippen LogP contribution in [0.2, 0.25) is 0 Å². The van der Waals surface area contributed by atoms with E-state index in [0.717, 1.165) is 19.0 Å². The van der Waals surface area contributed by atoms with Gasteiger partial charge in [0.25, 0.3) is 0 Å². The van der Waals surface area contributed by atoms with Crippen LogP contribution in [0.4, 0.5) is 8.78 Å². The third-order valence-electron chi connectivity index (χ3n) is 3.44. The van der Waals surface area contributed by atoms with E-state index in [1.54, 1.807) is 13.0 Å². The summed E-state index contributed by atoms with van der Waals surface area (Å²) in [5.41, 5.74) is 0.870. The Balaban J connectivity index is 2.27. The van der Waals surface area contributed by atoms with E-state index in [1.165, 1.54) is 0 Å². The second kappa shape index (κ2) is 7.11. The third-order valence-corrected chi connectivity index (χ3v) is 3.44. The molecule has 1 aromatic rings. The highest BCUT2D eigenvalue weighted by Crippen LogP contribution is 2.26.